The number of fused-ring (bicyclic) bond motifs is 1. The van der Waals surface area contributed by atoms with Crippen molar-refractivity contribution in [2.24, 2.45) is 7.05 Å². The average Bonchev–Trinajstić information content (AvgIpc) is 2.98. The second-order valence-electron chi connectivity index (χ2n) is 5.82. The first kappa shape index (κ1) is 18.7. The minimum absolute atomic E-state index is 0.167. The molecule has 8 heteroatoms. The lowest BCUT2D eigenvalue weighted by Crippen LogP contribution is -2.03. The number of hydrogen-bond donors (Lipinski definition) is 2. The number of carbonyl (C=O) groups is 1. The Balaban J connectivity index is 2.14. The number of methoxy groups -OCH3 is 3. The summed E-state index contributed by atoms with van der Waals surface area (Å²) < 4.78 is 17.7. The number of carboxylic acid groups (broad SMARTS) is 1. The first-order valence-electron chi connectivity index (χ1n) is 7.99. The second kappa shape index (κ2) is 7.28. The Kier molecular flexibility index (Phi) is 5.05. The topological polar surface area (TPSA) is 82.0 Å². The molecule has 0 saturated heterocycles. The number of nitrogens with zero attached hydrogens (tertiary/aromatic N) is 1. The number of aromatic carboxylic acids is 1. The van der Waals surface area contributed by atoms with Crippen LogP contribution in [0.2, 0.25) is 5.02 Å². The highest BCUT2D eigenvalue weighted by Crippen LogP contribution is 2.41. The summed E-state index contributed by atoms with van der Waals surface area (Å²) in [4.78, 5) is 11.5. The van der Waals surface area contributed by atoms with Gasteiger partial charge in [0, 0.05) is 41.0 Å². The second-order valence-corrected chi connectivity index (χ2v) is 6.26. The molecule has 0 atom stereocenters. The van der Waals surface area contributed by atoms with Crippen LogP contribution >= 0.6 is 11.6 Å². The third-order valence-corrected chi connectivity index (χ3v) is 4.51. The zero-order valence-electron chi connectivity index (χ0n) is 15.3. The fourth-order valence-electron chi connectivity index (χ4n) is 3.01. The molecule has 0 unspecified atom stereocenters. The lowest BCUT2D eigenvalue weighted by molar-refractivity contribution is 0.0687. The lowest BCUT2D eigenvalue weighted by atomic mass is 10.2. The molecule has 0 fully saturated rings. The van der Waals surface area contributed by atoms with Gasteiger partial charge in [-0.2, -0.15) is 0 Å². The van der Waals surface area contributed by atoms with E-state index >= 15 is 0 Å². The fourth-order valence-corrected chi connectivity index (χ4v) is 3.23. The summed E-state index contributed by atoms with van der Waals surface area (Å²) in [6.45, 7) is 0. The summed E-state index contributed by atoms with van der Waals surface area (Å²) in [6.07, 6.45) is 0. The molecular formula is C19H19ClN2O5. The molecule has 0 aliphatic rings. The fraction of sp³-hybridized carbons (Fsp3) is 0.211. The van der Waals surface area contributed by atoms with Crippen LogP contribution in [0.4, 0.5) is 11.4 Å². The highest BCUT2D eigenvalue weighted by Gasteiger charge is 2.17. The van der Waals surface area contributed by atoms with E-state index in [2.05, 4.69) is 5.32 Å². The molecule has 2 N–H and O–H groups in total. The molecule has 0 aliphatic heterocycles. The molecule has 0 saturated carbocycles. The van der Waals surface area contributed by atoms with Crippen LogP contribution < -0.4 is 19.5 Å². The number of halogens is 1. The summed E-state index contributed by atoms with van der Waals surface area (Å²) in [5.41, 5.74) is 2.21. The molecule has 0 aliphatic carbocycles. The van der Waals surface area contributed by atoms with Crippen molar-refractivity contribution in [2.75, 3.05) is 26.6 Å². The zero-order valence-corrected chi connectivity index (χ0v) is 16.0. The quantitative estimate of drug-likeness (QED) is 0.653. The number of rotatable bonds is 6. The Morgan fingerprint density at radius 3 is 2.19 bits per heavy atom. The van der Waals surface area contributed by atoms with Crippen molar-refractivity contribution in [1.29, 1.82) is 0 Å². The summed E-state index contributed by atoms with van der Waals surface area (Å²) in [5.74, 6) is 0.465. The van der Waals surface area contributed by atoms with E-state index in [0.29, 0.717) is 39.2 Å². The van der Waals surface area contributed by atoms with E-state index in [1.807, 2.05) is 0 Å². The van der Waals surface area contributed by atoms with Crippen molar-refractivity contribution in [1.82, 2.24) is 4.57 Å². The van der Waals surface area contributed by atoms with Gasteiger partial charge in [0.05, 0.1) is 26.8 Å². The minimum Gasteiger partial charge on any atom is -0.493 e. The molecule has 0 bridgehead atoms. The third kappa shape index (κ3) is 3.33. The first-order chi connectivity index (χ1) is 12.9. The SMILES string of the molecule is COc1cc(Nc2cc(Cl)cc3c2cc(C(=O)O)n3C)cc(OC)c1OC. The number of benzene rings is 2. The van der Waals surface area contributed by atoms with E-state index in [0.717, 1.165) is 5.39 Å². The monoisotopic (exact) mass is 390 g/mol. The van der Waals surface area contributed by atoms with Gasteiger partial charge in [-0.3, -0.25) is 0 Å². The van der Waals surface area contributed by atoms with Gasteiger partial charge in [-0.1, -0.05) is 11.6 Å². The maximum Gasteiger partial charge on any atom is 0.352 e. The summed E-state index contributed by atoms with van der Waals surface area (Å²) in [5, 5.41) is 13.9. The highest BCUT2D eigenvalue weighted by atomic mass is 35.5. The number of aryl methyl sites for hydroxylation is 1. The van der Waals surface area contributed by atoms with E-state index in [-0.39, 0.29) is 5.69 Å². The molecule has 142 valence electrons. The molecule has 1 aromatic heterocycles. The average molecular weight is 391 g/mol. The molecule has 0 spiro atoms. The molecule has 2 aromatic carbocycles. The van der Waals surface area contributed by atoms with E-state index in [1.54, 1.807) is 41.9 Å². The molecule has 3 aromatic rings. The largest absolute Gasteiger partial charge is 0.493 e. The van der Waals surface area contributed by atoms with Crippen LogP contribution in [0.25, 0.3) is 10.9 Å². The maximum atomic E-state index is 11.5. The van der Waals surface area contributed by atoms with Crippen LogP contribution in [-0.2, 0) is 7.05 Å². The van der Waals surface area contributed by atoms with Crippen LogP contribution in [-0.4, -0.2) is 37.0 Å². The molecule has 7 nitrogen and oxygen atoms in total. The van der Waals surface area contributed by atoms with Gasteiger partial charge in [-0.05, 0) is 18.2 Å². The summed E-state index contributed by atoms with van der Waals surface area (Å²) in [7, 11) is 6.29. The predicted octanol–water partition coefficient (Wildman–Crippen LogP) is 4.30. The Bertz CT molecular complexity index is 1000. The predicted molar refractivity (Wildman–Crippen MR) is 104 cm³/mol. The molecular weight excluding hydrogens is 372 g/mol. The normalized spacial score (nSPS) is 10.7. The Morgan fingerprint density at radius 2 is 1.67 bits per heavy atom. The standard InChI is InChI=1S/C19H19ClN2O5/c1-22-14-6-10(20)5-13(12(14)9-15(22)19(23)24)21-11-7-16(25-2)18(27-4)17(8-11)26-3/h5-9,21H,1-4H3,(H,23,24). The smallest absolute Gasteiger partial charge is 0.352 e. The molecule has 0 amide bonds. The number of aromatic nitrogens is 1. The summed E-state index contributed by atoms with van der Waals surface area (Å²) >= 11 is 6.25. The minimum atomic E-state index is -1.01. The molecule has 1 heterocycles. The van der Waals surface area contributed by atoms with Gasteiger partial charge >= 0.3 is 5.97 Å². The number of ether oxygens (including phenoxy) is 3. The van der Waals surface area contributed by atoms with Crippen molar-refractivity contribution < 1.29 is 24.1 Å². The van der Waals surface area contributed by atoms with Gasteiger partial charge in [-0.25, -0.2) is 4.79 Å². The first-order valence-corrected chi connectivity index (χ1v) is 8.36. The van der Waals surface area contributed by atoms with Crippen LogP contribution in [0, 0.1) is 0 Å². The van der Waals surface area contributed by atoms with Gasteiger partial charge in [-0.15, -0.1) is 0 Å². The zero-order chi connectivity index (χ0) is 19.7. The maximum absolute atomic E-state index is 11.5. The Morgan fingerprint density at radius 1 is 1.04 bits per heavy atom. The van der Waals surface area contributed by atoms with E-state index in [4.69, 9.17) is 25.8 Å². The van der Waals surface area contributed by atoms with Crippen LogP contribution in [0.1, 0.15) is 10.5 Å². The van der Waals surface area contributed by atoms with E-state index in [9.17, 15) is 9.90 Å². The third-order valence-electron chi connectivity index (χ3n) is 4.29. The van der Waals surface area contributed by atoms with Crippen LogP contribution in [0.5, 0.6) is 17.2 Å². The lowest BCUT2D eigenvalue weighted by Gasteiger charge is -2.16. The molecule has 3 rings (SSSR count). The summed E-state index contributed by atoms with van der Waals surface area (Å²) in [6, 6.07) is 8.58. The van der Waals surface area contributed by atoms with Crippen molar-refractivity contribution in [2.45, 2.75) is 0 Å². The van der Waals surface area contributed by atoms with E-state index in [1.165, 1.54) is 21.3 Å². The van der Waals surface area contributed by atoms with Gasteiger partial charge in [0.15, 0.2) is 11.5 Å². The van der Waals surface area contributed by atoms with Crippen molar-refractivity contribution in [3.63, 3.8) is 0 Å². The van der Waals surface area contributed by atoms with Gasteiger partial charge in [0.25, 0.3) is 0 Å². The molecule has 27 heavy (non-hydrogen) atoms. The van der Waals surface area contributed by atoms with Crippen molar-refractivity contribution in [3.05, 3.63) is 41.0 Å². The van der Waals surface area contributed by atoms with Crippen LogP contribution in [0.15, 0.2) is 30.3 Å². The Hall–Kier alpha value is -3.06. The van der Waals surface area contributed by atoms with Crippen LogP contribution in [0.3, 0.4) is 0 Å². The number of carboxylic acids is 1. The number of anilines is 2. The van der Waals surface area contributed by atoms with Gasteiger partial charge in [0.1, 0.15) is 5.69 Å². The van der Waals surface area contributed by atoms with Crippen molar-refractivity contribution >= 4 is 39.8 Å². The Labute approximate surface area is 161 Å². The van der Waals surface area contributed by atoms with Crippen molar-refractivity contribution in [3.8, 4) is 17.2 Å². The highest BCUT2D eigenvalue weighted by molar-refractivity contribution is 6.32. The molecule has 0 radical (unpaired) electrons. The number of nitrogens with one attached hydrogen (secondary N) is 1. The van der Waals surface area contributed by atoms with Gasteiger partial charge < -0.3 is 29.2 Å². The van der Waals surface area contributed by atoms with Gasteiger partial charge in [0.2, 0.25) is 5.75 Å². The number of hydrogen-bond acceptors (Lipinski definition) is 5. The van der Waals surface area contributed by atoms with E-state index < -0.39 is 5.97 Å².